The van der Waals surface area contributed by atoms with Gasteiger partial charge < -0.3 is 30.4 Å². The fourth-order valence-corrected chi connectivity index (χ4v) is 11.3. The Kier molecular flexibility index (Phi) is 9.83. The fraction of sp³-hybridized carbons (Fsp3) is 0.500. The summed E-state index contributed by atoms with van der Waals surface area (Å²) in [6.45, 7) is 4.58. The van der Waals surface area contributed by atoms with E-state index in [2.05, 4.69) is 59.4 Å². The van der Waals surface area contributed by atoms with Crippen molar-refractivity contribution in [3.05, 3.63) is 76.6 Å². The van der Waals surface area contributed by atoms with Crippen molar-refractivity contribution >= 4 is 46.6 Å². The summed E-state index contributed by atoms with van der Waals surface area (Å²) in [4.78, 5) is 44.3. The highest BCUT2D eigenvalue weighted by atomic mass is 35.5. The summed E-state index contributed by atoms with van der Waals surface area (Å²) in [5, 5.41) is 22.0. The lowest BCUT2D eigenvalue weighted by Crippen LogP contribution is -2.54. The Balaban J connectivity index is 0.751. The van der Waals surface area contributed by atoms with Gasteiger partial charge in [-0.15, -0.1) is 10.2 Å². The van der Waals surface area contributed by atoms with Gasteiger partial charge in [-0.05, 0) is 125 Å². The number of nitrogen functional groups attached to an aromatic ring is 1. The van der Waals surface area contributed by atoms with E-state index in [4.69, 9.17) is 27.3 Å². The summed E-state index contributed by atoms with van der Waals surface area (Å²) >= 11 is 6.20. The first-order valence-electron chi connectivity index (χ1n) is 21.2. The maximum absolute atomic E-state index is 12.7. The van der Waals surface area contributed by atoms with Crippen LogP contribution in [0.3, 0.4) is 0 Å². The first kappa shape index (κ1) is 37.3. The van der Waals surface area contributed by atoms with E-state index < -0.39 is 0 Å². The molecule has 2 amide bonds. The van der Waals surface area contributed by atoms with E-state index in [0.717, 1.165) is 82.2 Å². The second-order valence-electron chi connectivity index (χ2n) is 17.2. The molecule has 4 aromatic rings. The van der Waals surface area contributed by atoms with Crippen molar-refractivity contribution in [3.63, 3.8) is 0 Å². The smallest absolute Gasteiger partial charge is 0.249 e. The number of hydrogen-bond donors (Lipinski definition) is 3. The number of carbonyl (C=O) groups is 2. The average Bonchev–Trinajstić information content (AvgIpc) is 3.79. The van der Waals surface area contributed by atoms with Gasteiger partial charge in [-0.3, -0.25) is 14.9 Å². The highest BCUT2D eigenvalue weighted by Gasteiger charge is 2.43. The SMILES string of the molecule is Nc1nnc(-c2cccc(Cl)c2O)cc1N1C[C@H]2CC[C@@H](C1)N2c1nccc(C2CCN([C@H]3CC[C@H](c4cccc5c4CCN5[C@H]4CCC(=O)NC4=O)CC3)CC2)n1. The van der Waals surface area contributed by atoms with E-state index in [0.29, 0.717) is 47.8 Å². The van der Waals surface area contributed by atoms with Crippen molar-refractivity contribution < 1.29 is 14.7 Å². The van der Waals surface area contributed by atoms with Crippen LogP contribution in [0, 0.1) is 0 Å². The van der Waals surface area contributed by atoms with Crippen LogP contribution in [0.1, 0.15) is 92.9 Å². The molecule has 3 atom stereocenters. The highest BCUT2D eigenvalue weighted by Crippen LogP contribution is 2.44. The lowest BCUT2D eigenvalue weighted by atomic mass is 9.78. The molecule has 58 heavy (non-hydrogen) atoms. The summed E-state index contributed by atoms with van der Waals surface area (Å²) in [7, 11) is 0. The molecule has 0 spiro atoms. The number of rotatable bonds is 7. The van der Waals surface area contributed by atoms with Crippen LogP contribution in [0.2, 0.25) is 5.02 Å². The molecule has 10 rings (SSSR count). The van der Waals surface area contributed by atoms with Crippen LogP contribution in [0.4, 0.5) is 23.1 Å². The topological polar surface area (TPSA) is 157 Å². The first-order valence-corrected chi connectivity index (χ1v) is 21.6. The van der Waals surface area contributed by atoms with Crippen LogP contribution in [-0.4, -0.2) is 98.9 Å². The van der Waals surface area contributed by atoms with E-state index in [1.165, 1.54) is 42.5 Å². The average molecular weight is 803 g/mol. The molecule has 13 nitrogen and oxygen atoms in total. The van der Waals surface area contributed by atoms with Crippen LogP contribution >= 0.6 is 11.6 Å². The number of nitrogens with zero attached hydrogens (tertiary/aromatic N) is 8. The van der Waals surface area contributed by atoms with E-state index in [1.807, 2.05) is 12.3 Å². The number of benzene rings is 2. The maximum atomic E-state index is 12.7. The zero-order valence-corrected chi connectivity index (χ0v) is 33.5. The van der Waals surface area contributed by atoms with Crippen LogP contribution in [0.5, 0.6) is 5.75 Å². The lowest BCUT2D eigenvalue weighted by Gasteiger charge is -2.42. The van der Waals surface area contributed by atoms with Crippen molar-refractivity contribution in [2.75, 3.05) is 53.2 Å². The molecule has 2 bridgehead atoms. The number of phenolic OH excluding ortho intramolecular Hbond substituents is 1. The number of carbonyl (C=O) groups excluding carboxylic acids is 2. The Morgan fingerprint density at radius 2 is 1.55 bits per heavy atom. The normalized spacial score (nSPS) is 26.6. The zero-order valence-electron chi connectivity index (χ0n) is 32.8. The number of amides is 2. The number of likely N-dealkylation sites (tertiary alicyclic amines) is 1. The third kappa shape index (κ3) is 6.79. The first-order chi connectivity index (χ1) is 28.3. The molecule has 4 N–H and O–H groups in total. The van der Waals surface area contributed by atoms with E-state index in [-0.39, 0.29) is 40.7 Å². The zero-order chi connectivity index (χ0) is 39.5. The Morgan fingerprint density at radius 3 is 2.33 bits per heavy atom. The highest BCUT2D eigenvalue weighted by molar-refractivity contribution is 6.32. The van der Waals surface area contributed by atoms with Gasteiger partial charge in [0.2, 0.25) is 17.8 Å². The summed E-state index contributed by atoms with van der Waals surface area (Å²) in [5.74, 6) is 1.87. The molecule has 5 aliphatic heterocycles. The van der Waals surface area contributed by atoms with E-state index >= 15 is 0 Å². The fourth-order valence-electron chi connectivity index (χ4n) is 11.1. The molecular weight excluding hydrogens is 752 g/mol. The number of nitrogens with two attached hydrogens (primary N) is 1. The molecule has 4 saturated heterocycles. The summed E-state index contributed by atoms with van der Waals surface area (Å²) < 4.78 is 0. The minimum Gasteiger partial charge on any atom is -0.506 e. The molecule has 1 saturated carbocycles. The quantitative estimate of drug-likeness (QED) is 0.193. The molecule has 7 heterocycles. The Morgan fingerprint density at radius 1 is 0.793 bits per heavy atom. The van der Waals surface area contributed by atoms with Crippen LogP contribution in [0.25, 0.3) is 11.3 Å². The Labute approximate surface area is 344 Å². The third-order valence-corrected chi connectivity index (χ3v) is 14.4. The van der Waals surface area contributed by atoms with Gasteiger partial charge in [-0.2, -0.15) is 0 Å². The summed E-state index contributed by atoms with van der Waals surface area (Å²) in [6, 6.07) is 16.8. The predicted octanol–water partition coefficient (Wildman–Crippen LogP) is 5.81. The van der Waals surface area contributed by atoms with Crippen molar-refractivity contribution in [1.29, 1.82) is 0 Å². The minimum absolute atomic E-state index is 0.0145. The number of para-hydroxylation sites is 1. The molecule has 14 heteroatoms. The number of piperidine rings is 2. The Bertz CT molecular complexity index is 2210. The number of hydrogen-bond acceptors (Lipinski definition) is 12. The summed E-state index contributed by atoms with van der Waals surface area (Å²) in [5.41, 5.74) is 13.5. The molecule has 302 valence electrons. The third-order valence-electron chi connectivity index (χ3n) is 14.1. The molecule has 5 fully saturated rings. The van der Waals surface area contributed by atoms with Gasteiger partial charge in [-0.1, -0.05) is 29.8 Å². The van der Waals surface area contributed by atoms with E-state index in [9.17, 15) is 14.7 Å². The lowest BCUT2D eigenvalue weighted by molar-refractivity contribution is -0.134. The van der Waals surface area contributed by atoms with Gasteiger partial charge in [0.25, 0.3) is 0 Å². The molecule has 0 unspecified atom stereocenters. The predicted molar refractivity (Wildman–Crippen MR) is 224 cm³/mol. The number of nitrogens with one attached hydrogen (secondary N) is 1. The number of piperazine rings is 1. The van der Waals surface area contributed by atoms with Gasteiger partial charge in [0.15, 0.2) is 5.82 Å². The van der Waals surface area contributed by atoms with Crippen LogP contribution in [-0.2, 0) is 16.0 Å². The molecule has 6 aliphatic rings. The number of fused-ring (bicyclic) bond motifs is 3. The molecular formula is C44H51ClN10O3. The number of halogens is 1. The largest absolute Gasteiger partial charge is 0.506 e. The number of aromatic nitrogens is 4. The van der Waals surface area contributed by atoms with Gasteiger partial charge in [0.1, 0.15) is 11.8 Å². The van der Waals surface area contributed by atoms with Gasteiger partial charge in [0.05, 0.1) is 16.4 Å². The van der Waals surface area contributed by atoms with Crippen LogP contribution < -0.4 is 25.8 Å². The molecule has 1 aliphatic carbocycles. The number of phenols is 1. The van der Waals surface area contributed by atoms with E-state index in [1.54, 1.807) is 18.2 Å². The summed E-state index contributed by atoms with van der Waals surface area (Å²) in [6.07, 6.45) is 13.1. The van der Waals surface area contributed by atoms with Gasteiger partial charge >= 0.3 is 0 Å². The van der Waals surface area contributed by atoms with Crippen molar-refractivity contribution in [1.82, 2.24) is 30.4 Å². The van der Waals surface area contributed by atoms with Gasteiger partial charge in [-0.25, -0.2) is 9.97 Å². The molecule has 2 aromatic carbocycles. The standard InChI is InChI=1S/C44H51ClN10O3/c45-34-5-1-4-33(41(34)57)36-23-39(42(46)51-50-36)53-24-29-11-12-30(25-53)55(29)44-47-19-15-35(48-44)27-16-20-52(21-17-27)28-9-7-26(8-10-28)31-3-2-6-37-32(31)18-22-54(37)38-13-14-40(56)49-43(38)58/h1-6,15,19,23,26-30,38,57H,7-14,16-18,20-22,24-25H2,(H2,46,51)(H,49,56,58)/t26-,28-,29-,30+,38-/m0/s1. The van der Waals surface area contributed by atoms with Crippen molar-refractivity contribution in [2.45, 2.75) is 107 Å². The minimum atomic E-state index is -0.252. The molecule has 0 radical (unpaired) electrons. The Hall–Kier alpha value is -5.01. The second kappa shape index (κ2) is 15.3. The maximum Gasteiger partial charge on any atom is 0.249 e. The number of aromatic hydroxyl groups is 1. The van der Waals surface area contributed by atoms with Crippen molar-refractivity contribution in [3.8, 4) is 17.0 Å². The van der Waals surface area contributed by atoms with Gasteiger partial charge in [0, 0.05) is 73.2 Å². The monoisotopic (exact) mass is 802 g/mol. The van der Waals surface area contributed by atoms with Crippen molar-refractivity contribution in [2.24, 2.45) is 0 Å². The number of anilines is 4. The second-order valence-corrected chi connectivity index (χ2v) is 17.6. The molecule has 2 aromatic heterocycles. The van der Waals surface area contributed by atoms with Crippen LogP contribution in [0.15, 0.2) is 54.7 Å². The number of imide groups is 1.